The number of hydrogen-bond acceptors (Lipinski definition) is 3. The number of nitrogens with one attached hydrogen (secondary N) is 1. The van der Waals surface area contributed by atoms with Crippen molar-refractivity contribution in [2.24, 2.45) is 0 Å². The summed E-state index contributed by atoms with van der Waals surface area (Å²) in [6.45, 7) is 9.87. The van der Waals surface area contributed by atoms with E-state index >= 15 is 0 Å². The van der Waals surface area contributed by atoms with E-state index in [2.05, 4.69) is 33.0 Å². The molecular formula is C25H30N2O3. The second-order valence-corrected chi connectivity index (χ2v) is 8.58. The van der Waals surface area contributed by atoms with Crippen molar-refractivity contribution in [1.29, 1.82) is 0 Å². The van der Waals surface area contributed by atoms with E-state index in [-0.39, 0.29) is 12.3 Å². The number of benzene rings is 2. The molecule has 0 bridgehead atoms. The molecule has 30 heavy (non-hydrogen) atoms. The number of Topliss-reactive ketones (excluding diaryl/α,β-unsaturated/α-hetero) is 1. The number of imide groups is 1. The van der Waals surface area contributed by atoms with Gasteiger partial charge in [0.15, 0.2) is 5.78 Å². The third kappa shape index (κ3) is 4.02. The lowest BCUT2D eigenvalue weighted by molar-refractivity contribution is -0.130. The van der Waals surface area contributed by atoms with Crippen LogP contribution in [0.25, 0.3) is 0 Å². The molecule has 0 aromatic heterocycles. The molecular weight excluding hydrogens is 376 g/mol. The Balaban J connectivity index is 1.76. The predicted octanol–water partition coefficient (Wildman–Crippen LogP) is 4.97. The predicted molar refractivity (Wildman–Crippen MR) is 118 cm³/mol. The van der Waals surface area contributed by atoms with Crippen LogP contribution in [0.4, 0.5) is 4.79 Å². The topological polar surface area (TPSA) is 66.5 Å². The van der Waals surface area contributed by atoms with Crippen LogP contribution in [-0.2, 0) is 10.3 Å². The number of hydrogen-bond donors (Lipinski definition) is 1. The summed E-state index contributed by atoms with van der Waals surface area (Å²) in [6, 6.07) is 14.5. The van der Waals surface area contributed by atoms with Gasteiger partial charge < -0.3 is 5.32 Å². The molecule has 1 aliphatic heterocycles. The summed E-state index contributed by atoms with van der Waals surface area (Å²) in [7, 11) is 0. The molecule has 1 fully saturated rings. The summed E-state index contributed by atoms with van der Waals surface area (Å²) in [5.41, 5.74) is 2.36. The lowest BCUT2D eigenvalue weighted by atomic mass is 9.90. The minimum absolute atomic E-state index is 0.256. The lowest BCUT2D eigenvalue weighted by Crippen LogP contribution is -2.41. The molecule has 5 heteroatoms. The zero-order valence-corrected chi connectivity index (χ0v) is 18.4. The summed E-state index contributed by atoms with van der Waals surface area (Å²) in [5.74, 6) is 0.132. The van der Waals surface area contributed by atoms with Gasteiger partial charge in [-0.05, 0) is 41.9 Å². The fourth-order valence-corrected chi connectivity index (χ4v) is 3.71. The van der Waals surface area contributed by atoms with Crippen molar-refractivity contribution in [2.75, 3.05) is 6.54 Å². The van der Waals surface area contributed by atoms with Gasteiger partial charge in [0.05, 0.1) is 6.54 Å². The van der Waals surface area contributed by atoms with Crippen molar-refractivity contribution in [3.63, 3.8) is 0 Å². The highest BCUT2D eigenvalue weighted by molar-refractivity contribution is 6.11. The lowest BCUT2D eigenvalue weighted by Gasteiger charge is -2.22. The minimum Gasteiger partial charge on any atom is -0.319 e. The van der Waals surface area contributed by atoms with Crippen molar-refractivity contribution in [2.45, 2.75) is 58.4 Å². The maximum absolute atomic E-state index is 13.1. The molecule has 0 spiro atoms. The summed E-state index contributed by atoms with van der Waals surface area (Å²) < 4.78 is 0. The van der Waals surface area contributed by atoms with Crippen LogP contribution in [0.5, 0.6) is 0 Å². The molecule has 3 amide bonds. The average molecular weight is 407 g/mol. The number of rotatable bonds is 7. The van der Waals surface area contributed by atoms with Crippen molar-refractivity contribution >= 4 is 17.7 Å². The second-order valence-electron chi connectivity index (χ2n) is 8.58. The van der Waals surface area contributed by atoms with E-state index in [4.69, 9.17) is 0 Å². The molecule has 0 radical (unpaired) electrons. The first-order chi connectivity index (χ1) is 14.2. The Bertz CT molecular complexity index is 947. The minimum atomic E-state index is -1.17. The Labute approximate surface area is 178 Å². The number of urea groups is 1. The molecule has 2 atom stereocenters. The number of carbonyl (C=O) groups excluding carboxylic acids is 3. The SMILES string of the molecule is CC[C@H](C)c1ccc(C(=O)CN2C(=O)N[C@@](C)(c3ccc(C(C)C)cc3)C2=O)cc1. The first kappa shape index (κ1) is 21.8. The summed E-state index contributed by atoms with van der Waals surface area (Å²) in [6.07, 6.45) is 1.02. The Morgan fingerprint density at radius 1 is 0.967 bits per heavy atom. The fraction of sp³-hybridized carbons (Fsp3) is 0.400. The van der Waals surface area contributed by atoms with Crippen LogP contribution >= 0.6 is 0 Å². The quantitative estimate of drug-likeness (QED) is 0.521. The van der Waals surface area contributed by atoms with E-state index < -0.39 is 17.5 Å². The van der Waals surface area contributed by atoms with E-state index in [1.165, 1.54) is 5.56 Å². The summed E-state index contributed by atoms with van der Waals surface area (Å²) >= 11 is 0. The fourth-order valence-electron chi connectivity index (χ4n) is 3.71. The molecule has 2 aromatic rings. The van der Waals surface area contributed by atoms with Crippen LogP contribution < -0.4 is 5.32 Å². The normalized spacial score (nSPS) is 19.9. The van der Waals surface area contributed by atoms with Crippen LogP contribution in [0.1, 0.15) is 79.9 Å². The Kier molecular flexibility index (Phi) is 6.11. The molecule has 1 aliphatic rings. The van der Waals surface area contributed by atoms with Gasteiger partial charge in [0.1, 0.15) is 5.54 Å². The van der Waals surface area contributed by atoms with Crippen LogP contribution in [0.3, 0.4) is 0 Å². The smallest absolute Gasteiger partial charge is 0.319 e. The van der Waals surface area contributed by atoms with Crippen LogP contribution in [-0.4, -0.2) is 29.2 Å². The van der Waals surface area contributed by atoms with Gasteiger partial charge in [-0.1, -0.05) is 76.2 Å². The largest absolute Gasteiger partial charge is 0.325 e. The van der Waals surface area contributed by atoms with Crippen molar-refractivity contribution in [3.8, 4) is 0 Å². The Hall–Kier alpha value is -2.95. The Morgan fingerprint density at radius 2 is 1.53 bits per heavy atom. The van der Waals surface area contributed by atoms with Gasteiger partial charge in [0.25, 0.3) is 5.91 Å². The molecule has 0 unspecified atom stereocenters. The molecule has 2 aromatic carbocycles. The monoisotopic (exact) mass is 406 g/mol. The highest BCUT2D eigenvalue weighted by atomic mass is 16.2. The zero-order valence-electron chi connectivity index (χ0n) is 18.4. The highest BCUT2D eigenvalue weighted by Gasteiger charge is 2.49. The molecule has 3 rings (SSSR count). The van der Waals surface area contributed by atoms with E-state index in [9.17, 15) is 14.4 Å². The molecule has 158 valence electrons. The van der Waals surface area contributed by atoms with Crippen molar-refractivity contribution < 1.29 is 14.4 Å². The van der Waals surface area contributed by atoms with Gasteiger partial charge in [0.2, 0.25) is 0 Å². The molecule has 0 saturated carbocycles. The molecule has 5 nitrogen and oxygen atoms in total. The van der Waals surface area contributed by atoms with Crippen LogP contribution in [0.15, 0.2) is 48.5 Å². The number of nitrogens with zero attached hydrogens (tertiary/aromatic N) is 1. The van der Waals surface area contributed by atoms with E-state index in [0.29, 0.717) is 23.0 Å². The van der Waals surface area contributed by atoms with Gasteiger partial charge in [-0.15, -0.1) is 0 Å². The van der Waals surface area contributed by atoms with Gasteiger partial charge >= 0.3 is 6.03 Å². The molecule has 1 saturated heterocycles. The number of ketones is 1. The van der Waals surface area contributed by atoms with E-state index in [0.717, 1.165) is 16.9 Å². The average Bonchev–Trinajstić information content (AvgIpc) is 2.97. The standard InChI is InChI=1S/C25H30N2O3/c1-6-17(4)19-7-9-20(10-8-19)22(28)15-27-23(29)25(5,26-24(27)30)21-13-11-18(12-14-21)16(2)3/h7-14,16-17H,6,15H2,1-5H3,(H,26,30)/t17-,25-/m0/s1. The van der Waals surface area contributed by atoms with E-state index in [1.807, 2.05) is 36.4 Å². The van der Waals surface area contributed by atoms with Gasteiger partial charge in [0, 0.05) is 5.56 Å². The first-order valence-corrected chi connectivity index (χ1v) is 10.5. The number of carbonyl (C=O) groups is 3. The Morgan fingerprint density at radius 3 is 2.07 bits per heavy atom. The first-order valence-electron chi connectivity index (χ1n) is 10.5. The maximum atomic E-state index is 13.1. The highest BCUT2D eigenvalue weighted by Crippen LogP contribution is 2.30. The number of amides is 3. The second kappa shape index (κ2) is 8.42. The van der Waals surface area contributed by atoms with Crippen molar-refractivity contribution in [3.05, 3.63) is 70.8 Å². The molecule has 1 heterocycles. The van der Waals surface area contributed by atoms with Gasteiger partial charge in [-0.3, -0.25) is 14.5 Å². The maximum Gasteiger partial charge on any atom is 0.325 e. The summed E-state index contributed by atoms with van der Waals surface area (Å²) in [4.78, 5) is 39.4. The van der Waals surface area contributed by atoms with Crippen molar-refractivity contribution in [1.82, 2.24) is 10.2 Å². The zero-order chi connectivity index (χ0) is 22.1. The van der Waals surface area contributed by atoms with Gasteiger partial charge in [-0.2, -0.15) is 0 Å². The molecule has 0 aliphatic carbocycles. The van der Waals surface area contributed by atoms with Gasteiger partial charge in [-0.25, -0.2) is 4.79 Å². The van der Waals surface area contributed by atoms with Crippen LogP contribution in [0, 0.1) is 0 Å². The third-order valence-electron chi connectivity index (χ3n) is 6.15. The molecule has 1 N–H and O–H groups in total. The van der Waals surface area contributed by atoms with E-state index in [1.54, 1.807) is 19.1 Å². The van der Waals surface area contributed by atoms with Crippen LogP contribution in [0.2, 0.25) is 0 Å². The third-order valence-corrected chi connectivity index (χ3v) is 6.15. The summed E-state index contributed by atoms with van der Waals surface area (Å²) in [5, 5.41) is 2.77.